The van der Waals surface area contributed by atoms with Crippen LogP contribution >= 0.6 is 0 Å². The first kappa shape index (κ1) is 10.6. The van der Waals surface area contributed by atoms with Crippen LogP contribution in [0.5, 0.6) is 5.75 Å². The molecule has 2 aliphatic heterocycles. The predicted octanol–water partition coefficient (Wildman–Crippen LogP) is 2.20. The van der Waals surface area contributed by atoms with Gasteiger partial charge in [0, 0.05) is 24.8 Å². The van der Waals surface area contributed by atoms with E-state index in [0.717, 1.165) is 24.2 Å². The van der Waals surface area contributed by atoms with Gasteiger partial charge in [0.15, 0.2) is 0 Å². The molecule has 2 aliphatic rings. The van der Waals surface area contributed by atoms with Crippen LogP contribution in [0.4, 0.5) is 0 Å². The van der Waals surface area contributed by atoms with Gasteiger partial charge < -0.3 is 14.7 Å². The molecule has 1 N–H and O–H groups in total. The minimum absolute atomic E-state index is 0.242. The summed E-state index contributed by atoms with van der Waals surface area (Å²) in [5.41, 5.74) is 1.37. The lowest BCUT2D eigenvalue weighted by Gasteiger charge is -2.41. The molecule has 0 amide bonds. The molecule has 0 atom stereocenters. The van der Waals surface area contributed by atoms with Gasteiger partial charge in [-0.05, 0) is 12.1 Å². The Morgan fingerprint density at radius 3 is 2.71 bits per heavy atom. The van der Waals surface area contributed by atoms with Gasteiger partial charge in [-0.15, -0.1) is 0 Å². The normalized spacial score (nSPS) is 24.4. The minimum Gasteiger partial charge on any atom is -0.486 e. The lowest BCUT2D eigenvalue weighted by Crippen LogP contribution is -2.46. The molecule has 0 radical (unpaired) electrons. The Kier molecular flexibility index (Phi) is 2.52. The number of hydrogen-bond donors (Lipinski definition) is 1. The fourth-order valence-electron chi connectivity index (χ4n) is 2.58. The van der Waals surface area contributed by atoms with Gasteiger partial charge in [-0.2, -0.15) is 0 Å². The topological polar surface area (TPSA) is 51.1 Å². The summed E-state index contributed by atoms with van der Waals surface area (Å²) in [5.74, 6) is 0.813. The van der Waals surface area contributed by atoms with E-state index in [0.29, 0.717) is 25.3 Å². The molecule has 1 saturated heterocycles. The summed E-state index contributed by atoms with van der Waals surface area (Å²) >= 11 is 0. The summed E-state index contributed by atoms with van der Waals surface area (Å²) in [6.45, 7) is 1.42. The smallest absolute Gasteiger partial charge is 0.129 e. The zero-order valence-corrected chi connectivity index (χ0v) is 9.56. The molecular formula is C13H15NO3. The second kappa shape index (κ2) is 4.04. The van der Waals surface area contributed by atoms with Crippen LogP contribution in [0.15, 0.2) is 29.4 Å². The molecule has 0 aromatic heterocycles. The fourth-order valence-corrected chi connectivity index (χ4v) is 2.58. The molecule has 0 aliphatic carbocycles. The monoisotopic (exact) mass is 233 g/mol. The Hall–Kier alpha value is -1.55. The van der Waals surface area contributed by atoms with Gasteiger partial charge in [-0.3, -0.25) is 0 Å². The van der Waals surface area contributed by atoms with E-state index in [1.54, 1.807) is 0 Å². The van der Waals surface area contributed by atoms with Crippen LogP contribution in [-0.4, -0.2) is 29.7 Å². The van der Waals surface area contributed by atoms with E-state index in [1.165, 1.54) is 0 Å². The number of oxime groups is 1. The Balaban J connectivity index is 2.00. The first-order valence-corrected chi connectivity index (χ1v) is 5.90. The number of benzene rings is 1. The van der Waals surface area contributed by atoms with Gasteiger partial charge in [-0.1, -0.05) is 17.3 Å². The highest BCUT2D eigenvalue weighted by Gasteiger charge is 2.40. The van der Waals surface area contributed by atoms with Crippen LogP contribution in [0, 0.1) is 0 Å². The lowest BCUT2D eigenvalue weighted by molar-refractivity contribution is -0.0445. The molecule has 0 bridgehead atoms. The van der Waals surface area contributed by atoms with E-state index in [4.69, 9.17) is 14.7 Å². The Labute approximate surface area is 99.8 Å². The molecule has 1 aromatic carbocycles. The molecule has 2 heterocycles. The van der Waals surface area contributed by atoms with Gasteiger partial charge >= 0.3 is 0 Å². The molecule has 90 valence electrons. The molecule has 0 unspecified atom stereocenters. The SMILES string of the molecule is O/N=C1/CC2(CCOCC2)Oc2ccccc21. The van der Waals surface area contributed by atoms with Crippen LogP contribution in [0.2, 0.25) is 0 Å². The molecule has 17 heavy (non-hydrogen) atoms. The highest BCUT2D eigenvalue weighted by atomic mass is 16.5. The first-order chi connectivity index (χ1) is 8.33. The highest BCUT2D eigenvalue weighted by molar-refractivity contribution is 6.04. The Morgan fingerprint density at radius 2 is 1.94 bits per heavy atom. The summed E-state index contributed by atoms with van der Waals surface area (Å²) in [5, 5.41) is 12.6. The number of para-hydroxylation sites is 1. The predicted molar refractivity (Wildman–Crippen MR) is 62.8 cm³/mol. The van der Waals surface area contributed by atoms with Crippen LogP contribution in [0.1, 0.15) is 24.8 Å². The third-order valence-corrected chi connectivity index (χ3v) is 3.54. The minimum atomic E-state index is -0.242. The van der Waals surface area contributed by atoms with E-state index in [1.807, 2.05) is 24.3 Å². The van der Waals surface area contributed by atoms with Crippen LogP contribution < -0.4 is 4.74 Å². The van der Waals surface area contributed by atoms with Gasteiger partial charge in [0.2, 0.25) is 0 Å². The maximum absolute atomic E-state index is 9.15. The highest BCUT2D eigenvalue weighted by Crippen LogP contribution is 2.38. The second-order valence-electron chi connectivity index (χ2n) is 4.62. The average Bonchev–Trinajstić information content (AvgIpc) is 2.38. The Morgan fingerprint density at radius 1 is 1.18 bits per heavy atom. The maximum atomic E-state index is 9.15. The van der Waals surface area contributed by atoms with E-state index in [-0.39, 0.29) is 5.60 Å². The van der Waals surface area contributed by atoms with E-state index in [2.05, 4.69) is 5.16 Å². The molecule has 4 nitrogen and oxygen atoms in total. The number of hydrogen-bond acceptors (Lipinski definition) is 4. The average molecular weight is 233 g/mol. The van der Waals surface area contributed by atoms with E-state index in [9.17, 15) is 0 Å². The van der Waals surface area contributed by atoms with Crippen LogP contribution in [-0.2, 0) is 4.74 Å². The molecule has 3 rings (SSSR count). The number of nitrogens with zero attached hydrogens (tertiary/aromatic N) is 1. The number of fused-ring (bicyclic) bond motifs is 1. The van der Waals surface area contributed by atoms with Crippen molar-refractivity contribution in [3.63, 3.8) is 0 Å². The number of rotatable bonds is 0. The zero-order valence-electron chi connectivity index (χ0n) is 9.56. The Bertz CT molecular complexity index is 450. The van der Waals surface area contributed by atoms with Crippen molar-refractivity contribution in [3.8, 4) is 5.75 Å². The second-order valence-corrected chi connectivity index (χ2v) is 4.62. The van der Waals surface area contributed by atoms with Crippen molar-refractivity contribution in [1.29, 1.82) is 0 Å². The number of ether oxygens (including phenoxy) is 2. The van der Waals surface area contributed by atoms with Gasteiger partial charge in [0.25, 0.3) is 0 Å². The van der Waals surface area contributed by atoms with E-state index < -0.39 is 0 Å². The van der Waals surface area contributed by atoms with E-state index >= 15 is 0 Å². The summed E-state index contributed by atoms with van der Waals surface area (Å²) in [6.07, 6.45) is 2.35. The van der Waals surface area contributed by atoms with Crippen molar-refractivity contribution >= 4 is 5.71 Å². The van der Waals surface area contributed by atoms with Crippen LogP contribution in [0.3, 0.4) is 0 Å². The van der Waals surface area contributed by atoms with Crippen molar-refractivity contribution < 1.29 is 14.7 Å². The molecule has 4 heteroatoms. The standard InChI is InChI=1S/C13H15NO3/c15-14-11-9-13(5-7-16-8-6-13)17-12-4-2-1-3-10(11)12/h1-4,15H,5-9H2/b14-11-. The molecule has 1 spiro atoms. The van der Waals surface area contributed by atoms with Gasteiger partial charge in [0.05, 0.1) is 18.9 Å². The largest absolute Gasteiger partial charge is 0.486 e. The summed E-state index contributed by atoms with van der Waals surface area (Å²) in [7, 11) is 0. The van der Waals surface area contributed by atoms with Crippen LogP contribution in [0.25, 0.3) is 0 Å². The molecule has 0 saturated carbocycles. The summed E-state index contributed by atoms with van der Waals surface area (Å²) in [6, 6.07) is 7.72. The van der Waals surface area contributed by atoms with Crippen molar-refractivity contribution in [2.75, 3.05) is 13.2 Å². The quantitative estimate of drug-likeness (QED) is 0.552. The third-order valence-electron chi connectivity index (χ3n) is 3.54. The van der Waals surface area contributed by atoms with Crippen molar-refractivity contribution in [2.45, 2.75) is 24.9 Å². The van der Waals surface area contributed by atoms with Gasteiger partial charge in [0.1, 0.15) is 11.4 Å². The zero-order chi connectivity index (χ0) is 11.7. The molecule has 1 aromatic rings. The van der Waals surface area contributed by atoms with Crippen molar-refractivity contribution in [1.82, 2.24) is 0 Å². The third kappa shape index (κ3) is 1.78. The molecule has 1 fully saturated rings. The van der Waals surface area contributed by atoms with Gasteiger partial charge in [-0.25, -0.2) is 0 Å². The lowest BCUT2D eigenvalue weighted by atomic mass is 9.84. The molecular weight excluding hydrogens is 218 g/mol. The maximum Gasteiger partial charge on any atom is 0.129 e. The summed E-state index contributed by atoms with van der Waals surface area (Å²) < 4.78 is 11.5. The fraction of sp³-hybridized carbons (Fsp3) is 0.462. The first-order valence-electron chi connectivity index (χ1n) is 5.90. The van der Waals surface area contributed by atoms with Crippen molar-refractivity contribution in [3.05, 3.63) is 29.8 Å². The summed E-state index contributed by atoms with van der Waals surface area (Å²) in [4.78, 5) is 0. The van der Waals surface area contributed by atoms with Crippen molar-refractivity contribution in [2.24, 2.45) is 5.16 Å².